The van der Waals surface area contributed by atoms with Crippen LogP contribution in [0.25, 0.3) is 0 Å². The van der Waals surface area contributed by atoms with Gasteiger partial charge in [0.25, 0.3) is 15.9 Å². The summed E-state index contributed by atoms with van der Waals surface area (Å²) < 4.78 is 27.3. The molecule has 152 valence electrons. The fourth-order valence-electron chi connectivity index (χ4n) is 2.85. The minimum atomic E-state index is -3.71. The second kappa shape index (κ2) is 10.5. The number of carbonyl (C=O) groups excluding carboxylic acids is 1. The van der Waals surface area contributed by atoms with Gasteiger partial charge in [-0.15, -0.1) is 0 Å². The number of amides is 1. The molecule has 28 heavy (non-hydrogen) atoms. The van der Waals surface area contributed by atoms with Crippen molar-refractivity contribution in [2.24, 2.45) is 5.92 Å². The molecule has 0 aliphatic carbocycles. The normalized spacial score (nSPS) is 12.4. The molecule has 0 saturated heterocycles. The van der Waals surface area contributed by atoms with Crippen LogP contribution in [0.15, 0.2) is 53.4 Å². The van der Waals surface area contributed by atoms with Gasteiger partial charge in [-0.25, -0.2) is 8.42 Å². The van der Waals surface area contributed by atoms with Crippen molar-refractivity contribution in [3.63, 3.8) is 0 Å². The van der Waals surface area contributed by atoms with Gasteiger partial charge in [-0.2, -0.15) is 0 Å². The van der Waals surface area contributed by atoms with Gasteiger partial charge in [0.1, 0.15) is 0 Å². The Morgan fingerprint density at radius 3 is 2.43 bits per heavy atom. The molecule has 7 heteroatoms. The highest BCUT2D eigenvalue weighted by molar-refractivity contribution is 7.92. The van der Waals surface area contributed by atoms with Crippen molar-refractivity contribution in [2.45, 2.75) is 44.4 Å². The highest BCUT2D eigenvalue weighted by atomic mass is 35.5. The smallest absolute Gasteiger partial charge is 0.261 e. The van der Waals surface area contributed by atoms with Gasteiger partial charge in [0.2, 0.25) is 0 Å². The minimum absolute atomic E-state index is 0.158. The largest absolute Gasteiger partial charge is 0.352 e. The quantitative estimate of drug-likeness (QED) is 0.560. The molecule has 0 bridgehead atoms. The van der Waals surface area contributed by atoms with Gasteiger partial charge in [0.05, 0.1) is 21.2 Å². The van der Waals surface area contributed by atoms with Gasteiger partial charge in [0, 0.05) is 6.54 Å². The Balaban J connectivity index is 2.04. The molecule has 0 aliphatic heterocycles. The standard InChI is InChI=1S/C21H27ClN2O3S/c1-3-5-9-16(4-2)15-23-21(25)19-13-12-17(14-20(19)22)24-28(26,27)18-10-7-6-8-11-18/h6-8,10-14,16,24H,3-5,9,15H2,1-2H3,(H,23,25)/t16-/m0/s1. The van der Waals surface area contributed by atoms with E-state index in [1.54, 1.807) is 18.2 Å². The summed E-state index contributed by atoms with van der Waals surface area (Å²) in [6, 6.07) is 12.6. The zero-order chi connectivity index (χ0) is 20.6. The monoisotopic (exact) mass is 422 g/mol. The molecule has 2 rings (SSSR count). The molecule has 0 heterocycles. The molecule has 0 aliphatic rings. The SMILES string of the molecule is CCCC[C@H](CC)CNC(=O)c1ccc(NS(=O)(=O)c2ccccc2)cc1Cl. The van der Waals surface area contributed by atoms with Crippen LogP contribution in [0.2, 0.25) is 5.02 Å². The fraction of sp³-hybridized carbons (Fsp3) is 0.381. The number of rotatable bonds is 10. The van der Waals surface area contributed by atoms with Crippen LogP contribution < -0.4 is 10.0 Å². The predicted octanol–water partition coefficient (Wildman–Crippen LogP) is 5.09. The molecule has 1 atom stereocenters. The first kappa shape index (κ1) is 22.2. The molecule has 5 nitrogen and oxygen atoms in total. The minimum Gasteiger partial charge on any atom is -0.352 e. The Morgan fingerprint density at radius 2 is 1.82 bits per heavy atom. The second-order valence-electron chi connectivity index (χ2n) is 6.74. The molecule has 0 aromatic heterocycles. The second-order valence-corrected chi connectivity index (χ2v) is 8.83. The van der Waals surface area contributed by atoms with Crippen molar-refractivity contribution < 1.29 is 13.2 Å². The third-order valence-electron chi connectivity index (χ3n) is 4.61. The van der Waals surface area contributed by atoms with Crippen molar-refractivity contribution in [1.29, 1.82) is 0 Å². The van der Waals surface area contributed by atoms with Crippen LogP contribution >= 0.6 is 11.6 Å². The highest BCUT2D eigenvalue weighted by Crippen LogP contribution is 2.23. The summed E-state index contributed by atoms with van der Waals surface area (Å²) in [5, 5.41) is 3.13. The molecule has 1 amide bonds. The first-order valence-electron chi connectivity index (χ1n) is 9.53. The van der Waals surface area contributed by atoms with Gasteiger partial charge in [-0.05, 0) is 42.7 Å². The van der Waals surface area contributed by atoms with E-state index < -0.39 is 10.0 Å². The highest BCUT2D eigenvalue weighted by Gasteiger charge is 2.16. The van der Waals surface area contributed by atoms with Crippen LogP contribution in [0.4, 0.5) is 5.69 Å². The summed E-state index contributed by atoms with van der Waals surface area (Å²) in [7, 11) is -3.71. The Kier molecular flexibility index (Phi) is 8.33. The third kappa shape index (κ3) is 6.24. The number of halogens is 1. The number of nitrogens with one attached hydrogen (secondary N) is 2. The van der Waals surface area contributed by atoms with Gasteiger partial charge in [-0.1, -0.05) is 62.9 Å². The summed E-state index contributed by atoms with van der Waals surface area (Å²) in [4.78, 5) is 12.6. The van der Waals surface area contributed by atoms with Crippen molar-refractivity contribution >= 4 is 33.2 Å². The molecule has 0 radical (unpaired) electrons. The van der Waals surface area contributed by atoms with Crippen LogP contribution in [0.1, 0.15) is 49.9 Å². The number of carbonyl (C=O) groups is 1. The Bertz CT molecular complexity index is 886. The van der Waals surface area contributed by atoms with Gasteiger partial charge in [0.15, 0.2) is 0 Å². The lowest BCUT2D eigenvalue weighted by Crippen LogP contribution is -2.29. The molecule has 0 fully saturated rings. The van der Waals surface area contributed by atoms with Crippen molar-refractivity contribution in [2.75, 3.05) is 11.3 Å². The van der Waals surface area contributed by atoms with Crippen LogP contribution in [0.5, 0.6) is 0 Å². The van der Waals surface area contributed by atoms with Crippen LogP contribution in [-0.2, 0) is 10.0 Å². The lowest BCUT2D eigenvalue weighted by molar-refractivity contribution is 0.0946. The van der Waals surface area contributed by atoms with E-state index in [2.05, 4.69) is 23.9 Å². The summed E-state index contributed by atoms with van der Waals surface area (Å²) in [5.41, 5.74) is 0.634. The molecular formula is C21H27ClN2O3S. The summed E-state index contributed by atoms with van der Waals surface area (Å²) in [6.07, 6.45) is 4.37. The van der Waals surface area contributed by atoms with E-state index in [0.717, 1.165) is 25.7 Å². The maximum Gasteiger partial charge on any atom is 0.261 e. The average molecular weight is 423 g/mol. The number of sulfonamides is 1. The topological polar surface area (TPSA) is 75.3 Å². The Hall–Kier alpha value is -2.05. The van der Waals surface area contributed by atoms with Crippen molar-refractivity contribution in [3.8, 4) is 0 Å². The molecule has 2 N–H and O–H groups in total. The summed E-state index contributed by atoms with van der Waals surface area (Å²) >= 11 is 6.24. The summed E-state index contributed by atoms with van der Waals surface area (Å²) in [5.74, 6) is 0.192. The van der Waals surface area contributed by atoms with E-state index in [-0.39, 0.29) is 15.8 Å². The molecule has 2 aromatic carbocycles. The van der Waals surface area contributed by atoms with E-state index in [4.69, 9.17) is 11.6 Å². The molecular weight excluding hydrogens is 396 g/mol. The number of hydrogen-bond donors (Lipinski definition) is 2. The van der Waals surface area contributed by atoms with E-state index >= 15 is 0 Å². The van der Waals surface area contributed by atoms with Crippen molar-refractivity contribution in [3.05, 3.63) is 59.1 Å². The molecule has 0 saturated carbocycles. The van der Waals surface area contributed by atoms with Gasteiger partial charge < -0.3 is 5.32 Å². The number of hydrogen-bond acceptors (Lipinski definition) is 3. The number of unbranched alkanes of at least 4 members (excludes halogenated alkanes) is 1. The van der Waals surface area contributed by atoms with Crippen LogP contribution in [0, 0.1) is 5.92 Å². The fourth-order valence-corrected chi connectivity index (χ4v) is 4.19. The molecule has 0 unspecified atom stereocenters. The van der Waals surface area contributed by atoms with Crippen LogP contribution in [0.3, 0.4) is 0 Å². The van der Waals surface area contributed by atoms with E-state index in [1.165, 1.54) is 30.3 Å². The predicted molar refractivity (Wildman–Crippen MR) is 114 cm³/mol. The first-order valence-corrected chi connectivity index (χ1v) is 11.4. The maximum absolute atomic E-state index is 12.4. The number of anilines is 1. The first-order chi connectivity index (χ1) is 13.4. The molecule has 0 spiro atoms. The zero-order valence-electron chi connectivity index (χ0n) is 16.2. The van der Waals surface area contributed by atoms with E-state index in [9.17, 15) is 13.2 Å². The van der Waals surface area contributed by atoms with E-state index in [0.29, 0.717) is 23.7 Å². The lowest BCUT2D eigenvalue weighted by atomic mass is 9.99. The van der Waals surface area contributed by atoms with Crippen molar-refractivity contribution in [1.82, 2.24) is 5.32 Å². The van der Waals surface area contributed by atoms with Crippen LogP contribution in [-0.4, -0.2) is 20.9 Å². The summed E-state index contributed by atoms with van der Waals surface area (Å²) in [6.45, 7) is 4.87. The van der Waals surface area contributed by atoms with Gasteiger partial charge >= 0.3 is 0 Å². The Morgan fingerprint density at radius 1 is 1.11 bits per heavy atom. The Labute approximate surface area is 172 Å². The zero-order valence-corrected chi connectivity index (χ0v) is 17.8. The van der Waals surface area contributed by atoms with Gasteiger partial charge in [-0.3, -0.25) is 9.52 Å². The van der Waals surface area contributed by atoms with E-state index in [1.807, 2.05) is 0 Å². The number of benzene rings is 2. The average Bonchev–Trinajstić information content (AvgIpc) is 2.68. The maximum atomic E-state index is 12.4. The third-order valence-corrected chi connectivity index (χ3v) is 6.32. The lowest BCUT2D eigenvalue weighted by Gasteiger charge is -2.16. The molecule has 2 aromatic rings.